The van der Waals surface area contributed by atoms with Gasteiger partial charge in [-0.3, -0.25) is 0 Å². The number of rotatable bonds is 4. The van der Waals surface area contributed by atoms with E-state index >= 15 is 0 Å². The van der Waals surface area contributed by atoms with Gasteiger partial charge in [-0.2, -0.15) is 0 Å². The van der Waals surface area contributed by atoms with E-state index in [1.807, 2.05) is 0 Å². The second-order valence-electron chi connectivity index (χ2n) is 5.18. The Morgan fingerprint density at radius 1 is 1.37 bits per heavy atom. The minimum absolute atomic E-state index is 0.0763. The lowest BCUT2D eigenvalue weighted by molar-refractivity contribution is 0.0692. The summed E-state index contributed by atoms with van der Waals surface area (Å²) in [5.41, 5.74) is 0.0533. The maximum atomic E-state index is 13.6. The summed E-state index contributed by atoms with van der Waals surface area (Å²) in [7, 11) is 0. The summed E-state index contributed by atoms with van der Waals surface area (Å²) in [6.45, 7) is 0.677. The van der Waals surface area contributed by atoms with E-state index < -0.39 is 11.8 Å². The maximum Gasteiger partial charge on any atom is 0.340 e. The molecule has 1 aliphatic heterocycles. The number of carbonyl (C=O) groups is 1. The van der Waals surface area contributed by atoms with E-state index in [0.717, 1.165) is 25.3 Å². The first-order valence-corrected chi connectivity index (χ1v) is 6.57. The molecular formula is C14H16FNO3. The summed E-state index contributed by atoms with van der Waals surface area (Å²) in [4.78, 5) is 11.1. The molecule has 0 spiro atoms. The first kappa shape index (κ1) is 12.4. The molecule has 5 heteroatoms. The molecule has 2 atom stereocenters. The lowest BCUT2D eigenvalue weighted by Crippen LogP contribution is -2.31. The van der Waals surface area contributed by atoms with Crippen molar-refractivity contribution in [2.24, 2.45) is 5.92 Å². The van der Waals surface area contributed by atoms with Gasteiger partial charge in [0.1, 0.15) is 11.4 Å². The van der Waals surface area contributed by atoms with Gasteiger partial charge in [0, 0.05) is 6.61 Å². The highest BCUT2D eigenvalue weighted by Crippen LogP contribution is 2.39. The highest BCUT2D eigenvalue weighted by molar-refractivity contribution is 5.94. The number of hydrogen-bond acceptors (Lipinski definition) is 3. The van der Waals surface area contributed by atoms with Crippen molar-refractivity contribution >= 4 is 11.7 Å². The smallest absolute Gasteiger partial charge is 0.340 e. The van der Waals surface area contributed by atoms with Gasteiger partial charge in [0.15, 0.2) is 0 Å². The van der Waals surface area contributed by atoms with E-state index in [4.69, 9.17) is 9.84 Å². The molecule has 0 radical (unpaired) electrons. The number of anilines is 1. The fraction of sp³-hybridized carbons (Fsp3) is 0.500. The summed E-state index contributed by atoms with van der Waals surface area (Å²) >= 11 is 0. The SMILES string of the molecule is O=C(O)c1c(F)cccc1NC1CCOC1C1CC1. The molecule has 1 saturated heterocycles. The van der Waals surface area contributed by atoms with Gasteiger partial charge >= 0.3 is 5.97 Å². The van der Waals surface area contributed by atoms with E-state index in [-0.39, 0.29) is 17.7 Å². The lowest BCUT2D eigenvalue weighted by Gasteiger charge is -2.21. The van der Waals surface area contributed by atoms with Gasteiger partial charge in [-0.05, 0) is 37.3 Å². The quantitative estimate of drug-likeness (QED) is 0.878. The zero-order valence-electron chi connectivity index (χ0n) is 10.4. The molecule has 4 nitrogen and oxygen atoms in total. The fourth-order valence-corrected chi connectivity index (χ4v) is 2.72. The van der Waals surface area contributed by atoms with Crippen molar-refractivity contribution < 1.29 is 19.0 Å². The van der Waals surface area contributed by atoms with Gasteiger partial charge in [-0.25, -0.2) is 9.18 Å². The number of ether oxygens (including phenoxy) is 1. The summed E-state index contributed by atoms with van der Waals surface area (Å²) in [5, 5.41) is 12.3. The lowest BCUT2D eigenvalue weighted by atomic mass is 10.0. The summed E-state index contributed by atoms with van der Waals surface area (Å²) in [6.07, 6.45) is 3.29. The molecule has 1 aromatic carbocycles. The van der Waals surface area contributed by atoms with E-state index in [9.17, 15) is 9.18 Å². The van der Waals surface area contributed by atoms with Crippen molar-refractivity contribution in [3.05, 3.63) is 29.6 Å². The molecule has 1 aromatic rings. The average Bonchev–Trinajstić information content (AvgIpc) is 3.10. The minimum Gasteiger partial charge on any atom is -0.478 e. The van der Waals surface area contributed by atoms with Crippen molar-refractivity contribution in [1.82, 2.24) is 0 Å². The number of aromatic carboxylic acids is 1. The van der Waals surface area contributed by atoms with Crippen molar-refractivity contribution in [2.45, 2.75) is 31.4 Å². The third kappa shape index (κ3) is 2.42. The van der Waals surface area contributed by atoms with Crippen LogP contribution >= 0.6 is 0 Å². The predicted molar refractivity (Wildman–Crippen MR) is 67.9 cm³/mol. The number of carboxylic acid groups (broad SMARTS) is 1. The van der Waals surface area contributed by atoms with Crippen LogP contribution < -0.4 is 5.32 Å². The highest BCUT2D eigenvalue weighted by atomic mass is 19.1. The Morgan fingerprint density at radius 3 is 2.84 bits per heavy atom. The number of benzene rings is 1. The standard InChI is InChI=1S/C14H16FNO3/c15-9-2-1-3-10(12(9)14(17)18)16-11-6-7-19-13(11)8-4-5-8/h1-3,8,11,13,16H,4-7H2,(H,17,18). The van der Waals surface area contributed by atoms with Gasteiger partial charge in [-0.1, -0.05) is 6.07 Å². The van der Waals surface area contributed by atoms with Crippen LogP contribution in [0.3, 0.4) is 0 Å². The van der Waals surface area contributed by atoms with Crippen molar-refractivity contribution in [3.8, 4) is 0 Å². The van der Waals surface area contributed by atoms with Crippen LogP contribution in [-0.2, 0) is 4.74 Å². The molecule has 1 saturated carbocycles. The summed E-state index contributed by atoms with van der Waals surface area (Å²) < 4.78 is 19.3. The molecule has 1 aliphatic carbocycles. The van der Waals surface area contributed by atoms with E-state index in [1.54, 1.807) is 6.07 Å². The molecule has 0 aromatic heterocycles. The molecule has 1 heterocycles. The highest BCUT2D eigenvalue weighted by Gasteiger charge is 2.40. The molecule has 2 aliphatic rings. The normalized spacial score (nSPS) is 26.4. The van der Waals surface area contributed by atoms with Crippen molar-refractivity contribution in [1.29, 1.82) is 0 Å². The van der Waals surface area contributed by atoms with Crippen LogP contribution in [0.5, 0.6) is 0 Å². The van der Waals surface area contributed by atoms with Gasteiger partial charge in [0.2, 0.25) is 0 Å². The molecule has 102 valence electrons. The topological polar surface area (TPSA) is 58.6 Å². The van der Waals surface area contributed by atoms with Gasteiger partial charge in [0.05, 0.1) is 17.8 Å². The van der Waals surface area contributed by atoms with Gasteiger partial charge < -0.3 is 15.2 Å². The molecule has 2 N–H and O–H groups in total. The molecule has 3 rings (SSSR count). The largest absolute Gasteiger partial charge is 0.478 e. The Balaban J connectivity index is 1.82. The monoisotopic (exact) mass is 265 g/mol. The molecule has 19 heavy (non-hydrogen) atoms. The van der Waals surface area contributed by atoms with Crippen LogP contribution in [0.2, 0.25) is 0 Å². The Labute approximate surface area is 110 Å². The third-order valence-corrected chi connectivity index (χ3v) is 3.79. The van der Waals surface area contributed by atoms with E-state index in [2.05, 4.69) is 5.32 Å². The predicted octanol–water partition coefficient (Wildman–Crippen LogP) is 2.50. The number of nitrogens with one attached hydrogen (secondary N) is 1. The fourth-order valence-electron chi connectivity index (χ4n) is 2.72. The van der Waals surface area contributed by atoms with Crippen LogP contribution in [0.4, 0.5) is 10.1 Å². The second kappa shape index (κ2) is 4.81. The molecule has 2 unspecified atom stereocenters. The third-order valence-electron chi connectivity index (χ3n) is 3.79. The molecular weight excluding hydrogens is 249 g/mol. The van der Waals surface area contributed by atoms with Crippen LogP contribution in [0.15, 0.2) is 18.2 Å². The molecule has 0 bridgehead atoms. The second-order valence-corrected chi connectivity index (χ2v) is 5.18. The Bertz CT molecular complexity index is 501. The maximum absolute atomic E-state index is 13.6. The number of carboxylic acids is 1. The zero-order chi connectivity index (χ0) is 13.4. The first-order chi connectivity index (χ1) is 9.16. The van der Waals surface area contributed by atoms with Crippen LogP contribution in [-0.4, -0.2) is 29.8 Å². The van der Waals surface area contributed by atoms with Crippen molar-refractivity contribution in [2.75, 3.05) is 11.9 Å². The minimum atomic E-state index is -1.25. The van der Waals surface area contributed by atoms with Crippen LogP contribution in [0.1, 0.15) is 29.6 Å². The van der Waals surface area contributed by atoms with Crippen LogP contribution in [0, 0.1) is 11.7 Å². The number of halogens is 1. The molecule has 0 amide bonds. The van der Waals surface area contributed by atoms with E-state index in [1.165, 1.54) is 6.07 Å². The van der Waals surface area contributed by atoms with Gasteiger partial charge in [0.25, 0.3) is 0 Å². The van der Waals surface area contributed by atoms with E-state index in [0.29, 0.717) is 18.2 Å². The average molecular weight is 265 g/mol. The Hall–Kier alpha value is -1.62. The van der Waals surface area contributed by atoms with Crippen LogP contribution in [0.25, 0.3) is 0 Å². The summed E-state index contributed by atoms with van der Waals surface area (Å²) in [5.74, 6) is -1.39. The van der Waals surface area contributed by atoms with Crippen molar-refractivity contribution in [3.63, 3.8) is 0 Å². The molecule has 2 fully saturated rings. The summed E-state index contributed by atoms with van der Waals surface area (Å²) in [6, 6.07) is 4.37. The van der Waals surface area contributed by atoms with Gasteiger partial charge in [-0.15, -0.1) is 0 Å². The number of hydrogen-bond donors (Lipinski definition) is 2. The Morgan fingerprint density at radius 2 is 2.16 bits per heavy atom. The zero-order valence-corrected chi connectivity index (χ0v) is 10.4. The first-order valence-electron chi connectivity index (χ1n) is 6.57. The Kier molecular flexibility index (Phi) is 3.14.